The van der Waals surface area contributed by atoms with Gasteiger partial charge in [0.05, 0.1) is 11.8 Å². The lowest BCUT2D eigenvalue weighted by Crippen LogP contribution is -2.07. The van der Waals surface area contributed by atoms with Gasteiger partial charge < -0.3 is 4.57 Å². The molecule has 0 bridgehead atoms. The van der Waals surface area contributed by atoms with Crippen molar-refractivity contribution in [3.05, 3.63) is 43.0 Å². The topological polar surface area (TPSA) is 48.5 Å². The molecule has 2 aromatic heterocycles. The molecule has 2 heterocycles. The Morgan fingerprint density at radius 1 is 1.19 bits per heavy atom. The number of nitrogens with zero attached hydrogens (tertiary/aromatic N) is 5. The highest BCUT2D eigenvalue weighted by Gasteiger charge is 2.02. The molecule has 0 atom stereocenters. The molecule has 82 valence electrons. The lowest BCUT2D eigenvalue weighted by atomic mass is 10.3. The van der Waals surface area contributed by atoms with Gasteiger partial charge in [0.1, 0.15) is 12.2 Å². The number of aromatic nitrogens is 5. The SMILES string of the molecule is Cl.c1ccc2c(c1)nnn2Cn1ccnc1. The maximum absolute atomic E-state index is 4.09. The molecule has 5 nitrogen and oxygen atoms in total. The minimum Gasteiger partial charge on any atom is -0.317 e. The number of fused-ring (bicyclic) bond motifs is 1. The predicted octanol–water partition coefficient (Wildman–Crippen LogP) is 1.56. The van der Waals surface area contributed by atoms with E-state index < -0.39 is 0 Å². The summed E-state index contributed by atoms with van der Waals surface area (Å²) in [6.45, 7) is 0.639. The maximum Gasteiger partial charge on any atom is 0.119 e. The minimum atomic E-state index is 0. The largest absolute Gasteiger partial charge is 0.317 e. The van der Waals surface area contributed by atoms with Crippen molar-refractivity contribution in [1.29, 1.82) is 0 Å². The van der Waals surface area contributed by atoms with Crippen LogP contribution in [0.4, 0.5) is 0 Å². The summed E-state index contributed by atoms with van der Waals surface area (Å²) in [5, 5.41) is 8.17. The summed E-state index contributed by atoms with van der Waals surface area (Å²) < 4.78 is 3.79. The summed E-state index contributed by atoms with van der Waals surface area (Å²) >= 11 is 0. The first-order valence-corrected chi connectivity index (χ1v) is 4.67. The molecule has 0 aliphatic carbocycles. The summed E-state index contributed by atoms with van der Waals surface area (Å²) in [5.41, 5.74) is 1.95. The van der Waals surface area contributed by atoms with E-state index in [1.807, 2.05) is 39.7 Å². The number of rotatable bonds is 2. The van der Waals surface area contributed by atoms with Gasteiger partial charge in [0.15, 0.2) is 0 Å². The molecule has 0 N–H and O–H groups in total. The van der Waals surface area contributed by atoms with E-state index in [1.54, 1.807) is 12.5 Å². The Labute approximate surface area is 98.1 Å². The van der Waals surface area contributed by atoms with Crippen molar-refractivity contribution in [2.75, 3.05) is 0 Å². The monoisotopic (exact) mass is 235 g/mol. The smallest absolute Gasteiger partial charge is 0.119 e. The number of benzene rings is 1. The van der Waals surface area contributed by atoms with E-state index in [-0.39, 0.29) is 12.4 Å². The fraction of sp³-hybridized carbons (Fsp3) is 0.100. The molecule has 6 heteroatoms. The van der Waals surface area contributed by atoms with Crippen molar-refractivity contribution in [2.24, 2.45) is 0 Å². The molecule has 0 radical (unpaired) electrons. The summed E-state index contributed by atoms with van der Waals surface area (Å²) in [5.74, 6) is 0. The van der Waals surface area contributed by atoms with Crippen LogP contribution < -0.4 is 0 Å². The number of halogens is 1. The highest BCUT2D eigenvalue weighted by molar-refractivity contribution is 5.85. The average molecular weight is 236 g/mol. The summed E-state index contributed by atoms with van der Waals surface area (Å²) in [6.07, 6.45) is 5.41. The summed E-state index contributed by atoms with van der Waals surface area (Å²) in [6, 6.07) is 7.90. The molecule has 0 amide bonds. The third kappa shape index (κ3) is 1.77. The van der Waals surface area contributed by atoms with Gasteiger partial charge in [0.2, 0.25) is 0 Å². The van der Waals surface area contributed by atoms with Crippen LogP contribution in [-0.2, 0) is 6.67 Å². The Kier molecular flexibility index (Phi) is 2.87. The van der Waals surface area contributed by atoms with Crippen molar-refractivity contribution in [1.82, 2.24) is 24.5 Å². The highest BCUT2D eigenvalue weighted by atomic mass is 35.5. The zero-order valence-electron chi connectivity index (χ0n) is 8.39. The Bertz CT molecular complexity index is 572. The molecule has 0 unspecified atom stereocenters. The first-order chi connectivity index (χ1) is 7.43. The fourth-order valence-corrected chi connectivity index (χ4v) is 1.55. The van der Waals surface area contributed by atoms with Gasteiger partial charge in [-0.25, -0.2) is 9.67 Å². The Hall–Kier alpha value is -1.88. The van der Waals surface area contributed by atoms with Crippen LogP contribution in [0.25, 0.3) is 11.0 Å². The van der Waals surface area contributed by atoms with Crippen LogP contribution in [-0.4, -0.2) is 24.5 Å². The number of imidazole rings is 1. The van der Waals surface area contributed by atoms with E-state index >= 15 is 0 Å². The van der Waals surface area contributed by atoms with Crippen molar-refractivity contribution >= 4 is 23.4 Å². The van der Waals surface area contributed by atoms with Crippen molar-refractivity contribution in [3.63, 3.8) is 0 Å². The van der Waals surface area contributed by atoms with Gasteiger partial charge in [-0.15, -0.1) is 17.5 Å². The average Bonchev–Trinajstić information content (AvgIpc) is 2.89. The lowest BCUT2D eigenvalue weighted by molar-refractivity contribution is 0.545. The first kappa shape index (κ1) is 10.6. The molecule has 0 aliphatic rings. The van der Waals surface area contributed by atoms with Gasteiger partial charge in [-0.2, -0.15) is 0 Å². The molecule has 0 saturated carbocycles. The molecular weight excluding hydrogens is 226 g/mol. The molecule has 16 heavy (non-hydrogen) atoms. The van der Waals surface area contributed by atoms with Crippen LogP contribution in [0.15, 0.2) is 43.0 Å². The quantitative estimate of drug-likeness (QED) is 0.677. The Balaban J connectivity index is 0.000000963. The van der Waals surface area contributed by atoms with E-state index in [9.17, 15) is 0 Å². The highest BCUT2D eigenvalue weighted by Crippen LogP contribution is 2.09. The van der Waals surface area contributed by atoms with Gasteiger partial charge in [-0.3, -0.25) is 0 Å². The van der Waals surface area contributed by atoms with Gasteiger partial charge in [-0.05, 0) is 12.1 Å². The first-order valence-electron chi connectivity index (χ1n) is 4.67. The fourth-order valence-electron chi connectivity index (χ4n) is 1.55. The molecule has 0 saturated heterocycles. The van der Waals surface area contributed by atoms with Crippen molar-refractivity contribution in [2.45, 2.75) is 6.67 Å². The Morgan fingerprint density at radius 2 is 2.06 bits per heavy atom. The number of hydrogen-bond acceptors (Lipinski definition) is 3. The maximum atomic E-state index is 4.09. The third-order valence-electron chi connectivity index (χ3n) is 2.28. The standard InChI is InChI=1S/C10H9N5.ClH/c1-2-4-10-9(3-1)12-13-15(10)8-14-6-5-11-7-14;/h1-7H,8H2;1H. The number of hydrogen-bond donors (Lipinski definition) is 0. The van der Waals surface area contributed by atoms with Crippen LogP contribution in [0.1, 0.15) is 0 Å². The molecule has 0 spiro atoms. The van der Waals surface area contributed by atoms with Crippen molar-refractivity contribution in [3.8, 4) is 0 Å². The molecular formula is C10H10ClN5. The molecule has 0 aliphatic heterocycles. The molecule has 3 rings (SSSR count). The van der Waals surface area contributed by atoms with Crippen molar-refractivity contribution < 1.29 is 0 Å². The van der Waals surface area contributed by atoms with Crippen LogP contribution in [0.2, 0.25) is 0 Å². The van der Waals surface area contributed by atoms with Crippen LogP contribution >= 0.6 is 12.4 Å². The number of para-hydroxylation sites is 1. The van der Waals surface area contributed by atoms with E-state index in [1.165, 1.54) is 0 Å². The zero-order valence-corrected chi connectivity index (χ0v) is 9.21. The van der Waals surface area contributed by atoms with Gasteiger partial charge >= 0.3 is 0 Å². The van der Waals surface area contributed by atoms with Gasteiger partial charge in [-0.1, -0.05) is 17.3 Å². The van der Waals surface area contributed by atoms with Gasteiger partial charge in [0, 0.05) is 12.4 Å². The van der Waals surface area contributed by atoms with Crippen LogP contribution in [0.3, 0.4) is 0 Å². The second kappa shape index (κ2) is 4.32. The van der Waals surface area contributed by atoms with E-state index in [0.717, 1.165) is 11.0 Å². The minimum absolute atomic E-state index is 0. The predicted molar refractivity (Wildman–Crippen MR) is 62.4 cm³/mol. The normalized spacial score (nSPS) is 10.2. The van der Waals surface area contributed by atoms with E-state index in [2.05, 4.69) is 15.3 Å². The lowest BCUT2D eigenvalue weighted by Gasteiger charge is -2.01. The molecule has 0 fully saturated rings. The van der Waals surface area contributed by atoms with E-state index in [0.29, 0.717) is 6.67 Å². The molecule has 1 aromatic carbocycles. The molecule has 3 aromatic rings. The third-order valence-corrected chi connectivity index (χ3v) is 2.28. The second-order valence-electron chi connectivity index (χ2n) is 3.30. The summed E-state index contributed by atoms with van der Waals surface area (Å²) in [7, 11) is 0. The van der Waals surface area contributed by atoms with E-state index in [4.69, 9.17) is 0 Å². The van der Waals surface area contributed by atoms with Crippen LogP contribution in [0, 0.1) is 0 Å². The summed E-state index contributed by atoms with van der Waals surface area (Å²) in [4.78, 5) is 3.98. The van der Waals surface area contributed by atoms with Crippen LogP contribution in [0.5, 0.6) is 0 Å². The Morgan fingerprint density at radius 3 is 2.88 bits per heavy atom. The second-order valence-corrected chi connectivity index (χ2v) is 3.30. The zero-order chi connectivity index (χ0) is 10.1. The van der Waals surface area contributed by atoms with Gasteiger partial charge in [0.25, 0.3) is 0 Å².